The molecule has 1 N–H and O–H groups in total. The Balaban J connectivity index is 2.08. The summed E-state index contributed by atoms with van der Waals surface area (Å²) in [4.78, 5) is 0. The number of hydrogen-bond acceptors (Lipinski definition) is 1. The van der Waals surface area contributed by atoms with Gasteiger partial charge in [0, 0.05) is 12.1 Å². The molecular formula is C19H25N. The van der Waals surface area contributed by atoms with Crippen LogP contribution in [0.15, 0.2) is 42.5 Å². The summed E-state index contributed by atoms with van der Waals surface area (Å²) in [6, 6.07) is 16.2. The van der Waals surface area contributed by atoms with Gasteiger partial charge in [-0.05, 0) is 56.9 Å². The van der Waals surface area contributed by atoms with E-state index in [1.54, 1.807) is 0 Å². The van der Waals surface area contributed by atoms with Crippen LogP contribution in [0.1, 0.15) is 53.7 Å². The molecule has 2 aromatic carbocycles. The van der Waals surface area contributed by atoms with E-state index in [0.717, 1.165) is 0 Å². The third-order valence-corrected chi connectivity index (χ3v) is 4.11. The molecule has 0 aliphatic rings. The van der Waals surface area contributed by atoms with Crippen LogP contribution >= 0.6 is 0 Å². The molecule has 0 amide bonds. The summed E-state index contributed by atoms with van der Waals surface area (Å²) < 4.78 is 0. The summed E-state index contributed by atoms with van der Waals surface area (Å²) in [6.07, 6.45) is 0. The molecule has 0 heterocycles. The van der Waals surface area contributed by atoms with E-state index in [1.165, 1.54) is 27.8 Å². The topological polar surface area (TPSA) is 12.0 Å². The minimum Gasteiger partial charge on any atom is -0.304 e. The van der Waals surface area contributed by atoms with Crippen LogP contribution in [0.2, 0.25) is 0 Å². The van der Waals surface area contributed by atoms with Gasteiger partial charge in [-0.15, -0.1) is 0 Å². The van der Waals surface area contributed by atoms with Gasteiger partial charge in [0.1, 0.15) is 0 Å². The van der Waals surface area contributed by atoms with Gasteiger partial charge in [0.15, 0.2) is 0 Å². The van der Waals surface area contributed by atoms with Crippen molar-refractivity contribution in [3.05, 3.63) is 70.3 Å². The summed E-state index contributed by atoms with van der Waals surface area (Å²) in [5.74, 6) is 0. The molecule has 0 aromatic heterocycles. The second-order valence-corrected chi connectivity index (χ2v) is 5.86. The highest BCUT2D eigenvalue weighted by atomic mass is 14.9. The second kappa shape index (κ2) is 6.23. The van der Waals surface area contributed by atoms with Gasteiger partial charge in [-0.1, -0.05) is 48.0 Å². The highest BCUT2D eigenvalue weighted by molar-refractivity contribution is 5.32. The van der Waals surface area contributed by atoms with Gasteiger partial charge in [-0.2, -0.15) is 0 Å². The maximum Gasteiger partial charge on any atom is 0.0297 e. The van der Waals surface area contributed by atoms with Crippen molar-refractivity contribution < 1.29 is 0 Å². The first-order chi connectivity index (χ1) is 9.47. The van der Waals surface area contributed by atoms with E-state index in [4.69, 9.17) is 0 Å². The van der Waals surface area contributed by atoms with Gasteiger partial charge in [-0.25, -0.2) is 0 Å². The summed E-state index contributed by atoms with van der Waals surface area (Å²) in [7, 11) is 0. The van der Waals surface area contributed by atoms with Gasteiger partial charge in [0.2, 0.25) is 0 Å². The van der Waals surface area contributed by atoms with Gasteiger partial charge in [0.05, 0.1) is 0 Å². The first kappa shape index (κ1) is 14.8. The number of benzene rings is 2. The lowest BCUT2D eigenvalue weighted by atomic mass is 10.00. The molecule has 0 bridgehead atoms. The zero-order valence-corrected chi connectivity index (χ0v) is 13.2. The SMILES string of the molecule is Cc1ccc(C(C)NC(C)c2ccc(C)c(C)c2)cc1. The van der Waals surface area contributed by atoms with E-state index >= 15 is 0 Å². The van der Waals surface area contributed by atoms with Crippen LogP contribution < -0.4 is 5.32 Å². The summed E-state index contributed by atoms with van der Waals surface area (Å²) in [5.41, 5.74) is 6.72. The molecular weight excluding hydrogens is 242 g/mol. The Kier molecular flexibility index (Phi) is 4.61. The maximum absolute atomic E-state index is 3.68. The van der Waals surface area contributed by atoms with Crippen molar-refractivity contribution in [1.29, 1.82) is 0 Å². The molecule has 0 saturated carbocycles. The molecule has 2 aromatic rings. The first-order valence-electron chi connectivity index (χ1n) is 7.37. The smallest absolute Gasteiger partial charge is 0.0297 e. The Bertz CT molecular complexity index is 569. The van der Waals surface area contributed by atoms with Gasteiger partial charge >= 0.3 is 0 Å². The lowest BCUT2D eigenvalue weighted by Crippen LogP contribution is -2.22. The molecule has 2 rings (SSSR count). The van der Waals surface area contributed by atoms with Crippen LogP contribution in [0.3, 0.4) is 0 Å². The standard InChI is InChI=1S/C19H25N/c1-13-6-9-18(10-7-13)16(4)20-17(5)19-11-8-14(2)15(3)12-19/h6-12,16-17,20H,1-5H3. The first-order valence-corrected chi connectivity index (χ1v) is 7.37. The molecule has 1 heteroatoms. The minimum atomic E-state index is 0.352. The fourth-order valence-corrected chi connectivity index (χ4v) is 2.46. The molecule has 0 saturated heterocycles. The second-order valence-electron chi connectivity index (χ2n) is 5.86. The molecule has 2 unspecified atom stereocenters. The minimum absolute atomic E-state index is 0.352. The van der Waals surface area contributed by atoms with Gasteiger partial charge in [0.25, 0.3) is 0 Å². The molecule has 0 fully saturated rings. The zero-order chi connectivity index (χ0) is 14.7. The van der Waals surface area contributed by atoms with E-state index in [2.05, 4.69) is 82.4 Å². The lowest BCUT2D eigenvalue weighted by Gasteiger charge is -2.21. The Morgan fingerprint density at radius 1 is 0.700 bits per heavy atom. The van der Waals surface area contributed by atoms with E-state index in [0.29, 0.717) is 12.1 Å². The number of nitrogens with one attached hydrogen (secondary N) is 1. The van der Waals surface area contributed by atoms with Gasteiger partial charge in [-0.3, -0.25) is 0 Å². The predicted octanol–water partition coefficient (Wildman–Crippen LogP) is 5.02. The van der Waals surface area contributed by atoms with Crippen molar-refractivity contribution in [1.82, 2.24) is 5.32 Å². The van der Waals surface area contributed by atoms with Gasteiger partial charge < -0.3 is 5.32 Å². The third-order valence-electron chi connectivity index (χ3n) is 4.11. The van der Waals surface area contributed by atoms with E-state index < -0.39 is 0 Å². The fourth-order valence-electron chi connectivity index (χ4n) is 2.46. The summed E-state index contributed by atoms with van der Waals surface area (Å²) >= 11 is 0. The van der Waals surface area contributed by atoms with E-state index in [9.17, 15) is 0 Å². The largest absolute Gasteiger partial charge is 0.304 e. The highest BCUT2D eigenvalue weighted by Crippen LogP contribution is 2.21. The molecule has 0 aliphatic heterocycles. The predicted molar refractivity (Wildman–Crippen MR) is 87.1 cm³/mol. The number of rotatable bonds is 4. The molecule has 0 aliphatic carbocycles. The van der Waals surface area contributed by atoms with Crippen LogP contribution in [-0.2, 0) is 0 Å². The highest BCUT2D eigenvalue weighted by Gasteiger charge is 2.11. The third kappa shape index (κ3) is 3.49. The Morgan fingerprint density at radius 3 is 1.85 bits per heavy atom. The zero-order valence-electron chi connectivity index (χ0n) is 13.2. The molecule has 2 atom stereocenters. The van der Waals surface area contributed by atoms with Crippen molar-refractivity contribution in [3.63, 3.8) is 0 Å². The maximum atomic E-state index is 3.68. The molecule has 0 spiro atoms. The fraction of sp³-hybridized carbons (Fsp3) is 0.368. The van der Waals surface area contributed by atoms with Crippen LogP contribution in [-0.4, -0.2) is 0 Å². The number of hydrogen-bond donors (Lipinski definition) is 1. The summed E-state index contributed by atoms with van der Waals surface area (Å²) in [5, 5.41) is 3.68. The van der Waals surface area contributed by atoms with Crippen molar-refractivity contribution in [2.45, 2.75) is 46.7 Å². The quantitative estimate of drug-likeness (QED) is 0.819. The van der Waals surface area contributed by atoms with E-state index in [-0.39, 0.29) is 0 Å². The summed E-state index contributed by atoms with van der Waals surface area (Å²) in [6.45, 7) is 10.9. The monoisotopic (exact) mass is 267 g/mol. The number of aryl methyl sites for hydroxylation is 3. The molecule has 20 heavy (non-hydrogen) atoms. The van der Waals surface area contributed by atoms with Crippen LogP contribution in [0.5, 0.6) is 0 Å². The Labute approximate surface area is 123 Å². The Hall–Kier alpha value is -1.60. The lowest BCUT2D eigenvalue weighted by molar-refractivity contribution is 0.494. The van der Waals surface area contributed by atoms with E-state index in [1.807, 2.05) is 0 Å². The van der Waals surface area contributed by atoms with Crippen molar-refractivity contribution in [3.8, 4) is 0 Å². The Morgan fingerprint density at radius 2 is 1.25 bits per heavy atom. The molecule has 106 valence electrons. The normalized spacial score (nSPS) is 14.1. The van der Waals surface area contributed by atoms with Crippen LogP contribution in [0.25, 0.3) is 0 Å². The molecule has 0 radical (unpaired) electrons. The average Bonchev–Trinajstić information content (AvgIpc) is 2.42. The molecule has 1 nitrogen and oxygen atoms in total. The average molecular weight is 267 g/mol. The van der Waals surface area contributed by atoms with Crippen molar-refractivity contribution >= 4 is 0 Å². The van der Waals surface area contributed by atoms with Crippen molar-refractivity contribution in [2.75, 3.05) is 0 Å². The van der Waals surface area contributed by atoms with Crippen LogP contribution in [0, 0.1) is 20.8 Å². The van der Waals surface area contributed by atoms with Crippen molar-refractivity contribution in [2.24, 2.45) is 0 Å². The van der Waals surface area contributed by atoms with Crippen LogP contribution in [0.4, 0.5) is 0 Å².